The molecular weight excluding hydrogens is 172 g/mol. The third-order valence-corrected chi connectivity index (χ3v) is 1.59. The summed E-state index contributed by atoms with van der Waals surface area (Å²) in [7, 11) is 0. The van der Waals surface area contributed by atoms with Gasteiger partial charge in [-0.2, -0.15) is 0 Å². The van der Waals surface area contributed by atoms with Gasteiger partial charge in [-0.3, -0.25) is 4.21 Å². The molecule has 0 amide bonds. The van der Waals surface area contributed by atoms with E-state index < -0.39 is 11.1 Å². The van der Waals surface area contributed by atoms with E-state index in [1.165, 1.54) is 6.42 Å². The van der Waals surface area contributed by atoms with Crippen molar-refractivity contribution >= 4 is 11.1 Å². The van der Waals surface area contributed by atoms with E-state index in [9.17, 15) is 8.76 Å². The van der Waals surface area contributed by atoms with Gasteiger partial charge in [0.2, 0.25) is 0 Å². The average Bonchev–Trinajstić information content (AvgIpc) is 2.07. The summed E-state index contributed by atoms with van der Waals surface area (Å²) in [5.74, 6) is 0. The topological polar surface area (TPSA) is 40.1 Å². The zero-order valence-electron chi connectivity index (χ0n) is 7.32. The Kier molecular flexibility index (Phi) is 6.61. The van der Waals surface area contributed by atoms with E-state index in [0.717, 1.165) is 0 Å². The minimum Gasteiger partial charge on any atom is -0.768 e. The van der Waals surface area contributed by atoms with Gasteiger partial charge in [-0.25, -0.2) is 0 Å². The van der Waals surface area contributed by atoms with E-state index >= 15 is 0 Å². The van der Waals surface area contributed by atoms with Gasteiger partial charge in [0, 0.05) is 4.90 Å². The number of benzene rings is 1. The van der Waals surface area contributed by atoms with Crippen molar-refractivity contribution in [1.82, 2.24) is 0 Å². The minimum absolute atomic E-state index is 0.331. The van der Waals surface area contributed by atoms with E-state index in [2.05, 4.69) is 13.8 Å². The van der Waals surface area contributed by atoms with Gasteiger partial charge in [-0.1, -0.05) is 38.5 Å². The normalized spacial score (nSPS) is 11.2. The number of hydrogen-bond acceptors (Lipinski definition) is 2. The second-order valence-electron chi connectivity index (χ2n) is 2.25. The molecule has 3 heteroatoms. The zero-order valence-corrected chi connectivity index (χ0v) is 8.14. The maximum Gasteiger partial charge on any atom is 0.0248 e. The molecule has 12 heavy (non-hydrogen) atoms. The lowest BCUT2D eigenvalue weighted by atomic mass is 10.4. The van der Waals surface area contributed by atoms with Crippen molar-refractivity contribution in [1.29, 1.82) is 0 Å². The van der Waals surface area contributed by atoms with Crippen LogP contribution in [0, 0.1) is 0 Å². The summed E-state index contributed by atoms with van der Waals surface area (Å²) in [6.45, 7) is 4.25. The van der Waals surface area contributed by atoms with Gasteiger partial charge in [0.05, 0.1) is 0 Å². The van der Waals surface area contributed by atoms with Crippen molar-refractivity contribution in [2.24, 2.45) is 0 Å². The van der Waals surface area contributed by atoms with E-state index in [4.69, 9.17) is 0 Å². The summed E-state index contributed by atoms with van der Waals surface area (Å²) in [6.07, 6.45) is 1.25. The predicted octanol–water partition coefficient (Wildman–Crippen LogP) is 2.34. The van der Waals surface area contributed by atoms with Crippen molar-refractivity contribution in [3.8, 4) is 0 Å². The number of rotatable bonds is 1. The first kappa shape index (κ1) is 11.3. The maximum absolute atomic E-state index is 10.2. The molecule has 0 bridgehead atoms. The summed E-state index contributed by atoms with van der Waals surface area (Å²) < 4.78 is 20.4. The van der Waals surface area contributed by atoms with Crippen molar-refractivity contribution < 1.29 is 8.76 Å². The summed E-state index contributed by atoms with van der Waals surface area (Å²) in [6, 6.07) is 8.23. The van der Waals surface area contributed by atoms with Crippen LogP contribution in [0.3, 0.4) is 0 Å². The Balaban J connectivity index is 0.000000354. The van der Waals surface area contributed by atoms with E-state index in [1.54, 1.807) is 30.3 Å². The Hall–Kier alpha value is -0.670. The highest BCUT2D eigenvalue weighted by atomic mass is 32.2. The van der Waals surface area contributed by atoms with Gasteiger partial charge in [0.15, 0.2) is 0 Å². The van der Waals surface area contributed by atoms with E-state index in [0.29, 0.717) is 4.90 Å². The smallest absolute Gasteiger partial charge is 0.0248 e. The van der Waals surface area contributed by atoms with Gasteiger partial charge < -0.3 is 4.55 Å². The molecule has 1 aromatic rings. The van der Waals surface area contributed by atoms with Crippen LogP contribution in [0.5, 0.6) is 0 Å². The molecule has 0 aliphatic carbocycles. The summed E-state index contributed by atoms with van der Waals surface area (Å²) in [5, 5.41) is 0. The molecule has 1 atom stereocenters. The Morgan fingerprint density at radius 3 is 1.92 bits per heavy atom. The molecule has 0 radical (unpaired) electrons. The highest BCUT2D eigenvalue weighted by molar-refractivity contribution is 7.79. The highest BCUT2D eigenvalue weighted by Gasteiger charge is 1.84. The van der Waals surface area contributed by atoms with Crippen LogP contribution in [0.15, 0.2) is 35.2 Å². The molecule has 0 aromatic heterocycles. The first-order chi connectivity index (χ1) is 5.72. The summed E-state index contributed by atoms with van der Waals surface area (Å²) >= 11 is -2.08. The van der Waals surface area contributed by atoms with Crippen LogP contribution in [0.25, 0.3) is 0 Å². The molecule has 0 N–H and O–H groups in total. The standard InChI is InChI=1S/C6H6O2S.C3H8/c7-9(8)6-4-2-1-3-5-6;1-3-2/h1-5H,(H,7,8);3H2,1-2H3/p-1. The molecule has 0 heterocycles. The van der Waals surface area contributed by atoms with E-state index in [1.807, 2.05) is 0 Å². The third kappa shape index (κ3) is 5.04. The molecule has 0 aliphatic heterocycles. The van der Waals surface area contributed by atoms with Crippen molar-refractivity contribution in [3.63, 3.8) is 0 Å². The van der Waals surface area contributed by atoms with Crippen LogP contribution < -0.4 is 0 Å². The molecule has 0 saturated carbocycles. The molecule has 1 rings (SSSR count). The molecule has 0 spiro atoms. The lowest BCUT2D eigenvalue weighted by Crippen LogP contribution is -1.85. The van der Waals surface area contributed by atoms with Crippen LogP contribution in [-0.4, -0.2) is 8.76 Å². The van der Waals surface area contributed by atoms with Crippen molar-refractivity contribution in [3.05, 3.63) is 30.3 Å². The van der Waals surface area contributed by atoms with Crippen molar-refractivity contribution in [2.75, 3.05) is 0 Å². The number of hydrogen-bond donors (Lipinski definition) is 0. The molecule has 68 valence electrons. The lowest BCUT2D eigenvalue weighted by molar-refractivity contribution is 0.537. The summed E-state index contributed by atoms with van der Waals surface area (Å²) in [5.41, 5.74) is 0. The van der Waals surface area contributed by atoms with Gasteiger partial charge >= 0.3 is 0 Å². The Bertz CT molecular complexity index is 221. The highest BCUT2D eigenvalue weighted by Crippen LogP contribution is 2.00. The van der Waals surface area contributed by atoms with Crippen LogP contribution >= 0.6 is 0 Å². The third-order valence-electron chi connectivity index (χ3n) is 0.936. The second-order valence-corrected chi connectivity index (χ2v) is 3.20. The second kappa shape index (κ2) is 7.00. The van der Waals surface area contributed by atoms with Crippen molar-refractivity contribution in [2.45, 2.75) is 25.2 Å². The average molecular weight is 185 g/mol. The first-order valence-corrected chi connectivity index (χ1v) is 4.94. The van der Waals surface area contributed by atoms with Crippen LogP contribution in [0.4, 0.5) is 0 Å². The Morgan fingerprint density at radius 2 is 1.67 bits per heavy atom. The maximum atomic E-state index is 10.2. The lowest BCUT2D eigenvalue weighted by Gasteiger charge is -2.01. The Morgan fingerprint density at radius 1 is 1.25 bits per heavy atom. The van der Waals surface area contributed by atoms with Crippen LogP contribution in [-0.2, 0) is 11.1 Å². The van der Waals surface area contributed by atoms with Gasteiger partial charge in [-0.05, 0) is 23.2 Å². The molecule has 0 fully saturated rings. The first-order valence-electron chi connectivity index (χ1n) is 3.86. The minimum atomic E-state index is -2.08. The van der Waals surface area contributed by atoms with Gasteiger partial charge in [0.1, 0.15) is 0 Å². The molecule has 0 aliphatic rings. The van der Waals surface area contributed by atoms with Crippen LogP contribution in [0.2, 0.25) is 0 Å². The Labute approximate surface area is 75.9 Å². The van der Waals surface area contributed by atoms with E-state index in [-0.39, 0.29) is 0 Å². The molecular formula is C9H13O2S-. The van der Waals surface area contributed by atoms with Crippen LogP contribution in [0.1, 0.15) is 20.3 Å². The quantitative estimate of drug-likeness (QED) is 0.630. The predicted molar refractivity (Wildman–Crippen MR) is 49.6 cm³/mol. The van der Waals surface area contributed by atoms with Gasteiger partial charge in [-0.15, -0.1) is 0 Å². The summed E-state index contributed by atoms with van der Waals surface area (Å²) in [4.78, 5) is 0.331. The molecule has 0 saturated heterocycles. The fraction of sp³-hybridized carbons (Fsp3) is 0.333. The molecule has 1 unspecified atom stereocenters. The molecule has 1 aromatic carbocycles. The largest absolute Gasteiger partial charge is 0.768 e. The monoisotopic (exact) mass is 185 g/mol. The SMILES string of the molecule is CCC.O=S([O-])c1ccccc1. The molecule has 2 nitrogen and oxygen atoms in total. The van der Waals surface area contributed by atoms with Gasteiger partial charge in [0.25, 0.3) is 0 Å². The fourth-order valence-electron chi connectivity index (χ4n) is 0.532. The fourth-order valence-corrected chi connectivity index (χ4v) is 0.911. The zero-order chi connectivity index (χ0) is 9.40.